The maximum absolute atomic E-state index is 13.7. The molecular formula is C26H37F6N7O2. The molecule has 0 saturated heterocycles. The lowest BCUT2D eigenvalue weighted by molar-refractivity contribution is -0.147. The molecule has 3 aromatic rings. The molecule has 0 saturated carbocycles. The second kappa shape index (κ2) is 18.4. The molecule has 1 heterocycles. The molecule has 0 radical (unpaired) electrons. The van der Waals surface area contributed by atoms with Crippen LogP contribution in [0.15, 0.2) is 30.5 Å². The minimum atomic E-state index is -4.04. The molecule has 0 atom stereocenters. The molecule has 0 bridgehead atoms. The van der Waals surface area contributed by atoms with E-state index in [1.54, 1.807) is 14.1 Å². The third-order valence-electron chi connectivity index (χ3n) is 4.53. The van der Waals surface area contributed by atoms with Crippen molar-refractivity contribution in [2.24, 2.45) is 18.7 Å². The van der Waals surface area contributed by atoms with Crippen LogP contribution in [0.5, 0.6) is 0 Å². The van der Waals surface area contributed by atoms with Crippen molar-refractivity contribution >= 4 is 35.9 Å². The third kappa shape index (κ3) is 10.5. The Morgan fingerprint density at radius 1 is 1.02 bits per heavy atom. The van der Waals surface area contributed by atoms with E-state index in [0.29, 0.717) is 5.39 Å². The van der Waals surface area contributed by atoms with Gasteiger partial charge in [-0.1, -0.05) is 40.3 Å². The van der Waals surface area contributed by atoms with Crippen LogP contribution in [0.25, 0.3) is 23.7 Å². The van der Waals surface area contributed by atoms with Gasteiger partial charge in [0.25, 0.3) is 0 Å². The van der Waals surface area contributed by atoms with Gasteiger partial charge in [-0.15, -0.1) is 0 Å². The molecular weight excluding hydrogens is 556 g/mol. The third-order valence-corrected chi connectivity index (χ3v) is 4.53. The molecule has 3 rings (SSSR count). The number of carbonyl (C=O) groups excluding carboxylic acids is 2. The lowest BCUT2D eigenvalue weighted by Gasteiger charge is -2.15. The highest BCUT2D eigenvalue weighted by molar-refractivity contribution is 5.87. The van der Waals surface area contributed by atoms with Crippen molar-refractivity contribution in [2.75, 3.05) is 14.1 Å². The quantitative estimate of drug-likeness (QED) is 0.101. The average molecular weight is 594 g/mol. The Hall–Kier alpha value is -3.95. The molecule has 41 heavy (non-hydrogen) atoms. The fourth-order valence-electron chi connectivity index (χ4n) is 2.88. The normalized spacial score (nSPS) is 10.9. The summed E-state index contributed by atoms with van der Waals surface area (Å²) in [6, 6.07) is 3.83. The van der Waals surface area contributed by atoms with Crippen LogP contribution in [0, 0.1) is 11.6 Å². The molecule has 2 aromatic carbocycles. The highest BCUT2D eigenvalue weighted by Gasteiger charge is 2.43. The minimum absolute atomic E-state index is 0.0819. The number of hydrogen-bond acceptors (Lipinski definition) is 7. The van der Waals surface area contributed by atoms with Gasteiger partial charge < -0.3 is 5.32 Å². The topological polar surface area (TPSA) is 140 Å². The van der Waals surface area contributed by atoms with Crippen molar-refractivity contribution in [3.8, 4) is 0 Å². The number of fused-ring (bicyclic) bond motifs is 1. The Kier molecular flexibility index (Phi) is 17.6. The molecule has 0 aliphatic rings. The number of nitrogens with zero attached hydrogens (tertiary/aromatic N) is 2. The van der Waals surface area contributed by atoms with E-state index in [2.05, 4.69) is 34.1 Å². The summed E-state index contributed by atoms with van der Waals surface area (Å²) in [7, 11) is 4.73. The number of hydrogen-bond donors (Lipinski definition) is 5. The smallest absolute Gasteiger partial charge is 0.353 e. The van der Waals surface area contributed by atoms with Gasteiger partial charge in [-0.05, 0) is 24.4 Å². The van der Waals surface area contributed by atoms with E-state index >= 15 is 0 Å². The van der Waals surface area contributed by atoms with Crippen LogP contribution in [0.4, 0.5) is 26.3 Å². The molecule has 15 heteroatoms. The Morgan fingerprint density at radius 3 is 2.02 bits per heavy atom. The number of carbonyl (C=O) groups is 2. The van der Waals surface area contributed by atoms with E-state index < -0.39 is 46.8 Å². The molecule has 1 amide bonds. The predicted molar refractivity (Wildman–Crippen MR) is 147 cm³/mol. The molecule has 0 unspecified atom stereocenters. The first-order valence-electron chi connectivity index (χ1n) is 12.1. The van der Waals surface area contributed by atoms with E-state index in [1.807, 2.05) is 27.7 Å². The molecule has 1 aromatic heterocycles. The van der Waals surface area contributed by atoms with Crippen molar-refractivity contribution in [1.82, 2.24) is 25.9 Å². The SMILES string of the molecule is C=c1ccc(C(F)(F)C=O)c(F)/c1=C/NC.CC.CC.CNN.Cn1cc2cc(C(F)(F)C(=O)NN)c(F)cc2n1. The van der Waals surface area contributed by atoms with E-state index in [0.717, 1.165) is 18.2 Å². The summed E-state index contributed by atoms with van der Waals surface area (Å²) in [4.78, 5) is 21.1. The van der Waals surface area contributed by atoms with Crippen molar-refractivity contribution in [3.63, 3.8) is 0 Å². The van der Waals surface area contributed by atoms with Gasteiger partial charge in [0.2, 0.25) is 0 Å². The Balaban J connectivity index is 0. The van der Waals surface area contributed by atoms with Crippen molar-refractivity contribution in [1.29, 1.82) is 0 Å². The molecule has 9 nitrogen and oxygen atoms in total. The fraction of sp³-hybridized carbons (Fsp3) is 0.346. The summed E-state index contributed by atoms with van der Waals surface area (Å²) in [5, 5.41) is 6.88. The number of halogens is 6. The maximum atomic E-state index is 13.7. The second-order valence-corrected chi connectivity index (χ2v) is 7.20. The molecule has 0 spiro atoms. The predicted octanol–water partition coefficient (Wildman–Crippen LogP) is 2.41. The molecule has 0 aliphatic carbocycles. The number of benzene rings is 2. The standard InChI is InChI=1S/C11H10F3NO.C10H9F3N4O.2C2H6.CH6N2/c1-7-3-4-9(11(13,14)6-16)10(12)8(7)5-15-2;1-17-4-5-2-6(7(11)3-8(5)16-17)10(12,13)9(18)15-14;2*1-2;1-3-2/h3-6,15H,1H2,2H3;2-4H,14H2,1H3,(H,15,18);2*1-2H3;3H,2H2,1H3/b8-5+;;;;. The van der Waals surface area contributed by atoms with Gasteiger partial charge in [0.1, 0.15) is 11.6 Å². The summed E-state index contributed by atoms with van der Waals surface area (Å²) in [5.41, 5.74) is 1.80. The van der Waals surface area contributed by atoms with Gasteiger partial charge in [0.15, 0.2) is 6.29 Å². The van der Waals surface area contributed by atoms with Crippen molar-refractivity contribution in [3.05, 3.63) is 63.7 Å². The summed E-state index contributed by atoms with van der Waals surface area (Å²) in [6.45, 7) is 11.5. The number of aryl methyl sites for hydroxylation is 1. The van der Waals surface area contributed by atoms with E-state index in [-0.39, 0.29) is 16.0 Å². The van der Waals surface area contributed by atoms with Gasteiger partial charge in [0, 0.05) is 43.2 Å². The van der Waals surface area contributed by atoms with E-state index in [4.69, 9.17) is 0 Å². The Morgan fingerprint density at radius 2 is 1.56 bits per heavy atom. The summed E-state index contributed by atoms with van der Waals surface area (Å²) in [6.07, 6.45) is 2.06. The zero-order valence-electron chi connectivity index (χ0n) is 23.9. The zero-order valence-corrected chi connectivity index (χ0v) is 23.9. The zero-order chi connectivity index (χ0) is 32.6. The highest BCUT2D eigenvalue weighted by atomic mass is 19.3. The largest absolute Gasteiger partial charge is 0.393 e. The first-order chi connectivity index (χ1) is 19.2. The number of alkyl halides is 4. The number of hydrazine groups is 2. The monoisotopic (exact) mass is 593 g/mol. The van der Waals surface area contributed by atoms with Crippen molar-refractivity contribution in [2.45, 2.75) is 39.5 Å². The lowest BCUT2D eigenvalue weighted by Crippen LogP contribution is -2.42. The van der Waals surface area contributed by atoms with Crippen molar-refractivity contribution < 1.29 is 35.9 Å². The van der Waals surface area contributed by atoms with E-state index in [1.165, 1.54) is 35.6 Å². The Labute approximate surface area is 234 Å². The second-order valence-electron chi connectivity index (χ2n) is 7.20. The van der Waals surface area contributed by atoms with Gasteiger partial charge >= 0.3 is 17.8 Å². The number of aldehydes is 1. The molecule has 230 valence electrons. The summed E-state index contributed by atoms with van der Waals surface area (Å²) in [5.74, 6) is -2.75. The number of rotatable bonds is 5. The maximum Gasteiger partial charge on any atom is 0.353 e. The number of amides is 1. The van der Waals surface area contributed by atoms with Gasteiger partial charge in [0.05, 0.1) is 16.6 Å². The van der Waals surface area contributed by atoms with E-state index in [9.17, 15) is 35.9 Å². The fourth-order valence-corrected chi connectivity index (χ4v) is 2.88. The summed E-state index contributed by atoms with van der Waals surface area (Å²) >= 11 is 0. The Bertz CT molecular complexity index is 1360. The van der Waals surface area contributed by atoms with Gasteiger partial charge in [-0.2, -0.15) is 22.7 Å². The average Bonchev–Trinajstić information content (AvgIpc) is 3.31. The number of aromatic nitrogens is 2. The van der Waals surface area contributed by atoms with Crippen LogP contribution >= 0.6 is 0 Å². The van der Waals surface area contributed by atoms with Gasteiger partial charge in [-0.25, -0.2) is 14.6 Å². The molecule has 7 N–H and O–H groups in total. The number of nitrogens with one attached hydrogen (secondary N) is 3. The molecule has 0 fully saturated rings. The first-order valence-corrected chi connectivity index (χ1v) is 12.1. The first kappa shape index (κ1) is 39.2. The van der Waals surface area contributed by atoms with Crippen LogP contribution < -0.4 is 38.3 Å². The minimum Gasteiger partial charge on any atom is -0.393 e. The molecule has 0 aliphatic heterocycles. The highest BCUT2D eigenvalue weighted by Crippen LogP contribution is 2.32. The van der Waals surface area contributed by atoms with Crippen LogP contribution in [-0.4, -0.2) is 36.1 Å². The lowest BCUT2D eigenvalue weighted by atomic mass is 10.1. The van der Waals surface area contributed by atoms with Crippen LogP contribution in [-0.2, 0) is 28.5 Å². The van der Waals surface area contributed by atoms with Gasteiger partial charge in [-0.3, -0.25) is 31.0 Å². The van der Waals surface area contributed by atoms with Crippen LogP contribution in [0.3, 0.4) is 0 Å². The van der Waals surface area contributed by atoms with Crippen LogP contribution in [0.1, 0.15) is 38.8 Å². The van der Waals surface area contributed by atoms with Crippen LogP contribution in [0.2, 0.25) is 0 Å². The summed E-state index contributed by atoms with van der Waals surface area (Å²) < 4.78 is 81.8. The number of nitrogens with two attached hydrogens (primary N) is 2.